The number of halogens is 1. The van der Waals surface area contributed by atoms with Crippen LogP contribution < -0.4 is 5.63 Å². The standard InChI is InChI=1S/C13H11ClO5/c1-6-7(2-3-12(16)17)13(18)19-11-5-10(15)9(14)4-8(6)11/h4-5,15H,2-3H2,1H3,(H,16,17). The van der Waals surface area contributed by atoms with E-state index >= 15 is 0 Å². The van der Waals surface area contributed by atoms with E-state index in [4.69, 9.17) is 21.1 Å². The van der Waals surface area contributed by atoms with Crippen LogP contribution in [0.3, 0.4) is 0 Å². The number of aliphatic carboxylic acids is 1. The van der Waals surface area contributed by atoms with Crippen LogP contribution in [-0.4, -0.2) is 16.2 Å². The molecule has 6 heteroatoms. The van der Waals surface area contributed by atoms with Gasteiger partial charge in [0.2, 0.25) is 0 Å². The molecule has 100 valence electrons. The predicted molar refractivity (Wildman–Crippen MR) is 69.9 cm³/mol. The summed E-state index contributed by atoms with van der Waals surface area (Å²) in [5.74, 6) is -1.15. The van der Waals surface area contributed by atoms with E-state index in [0.717, 1.165) is 0 Å². The third-order valence-corrected chi connectivity index (χ3v) is 3.25. The van der Waals surface area contributed by atoms with Crippen LogP contribution in [0, 0.1) is 6.92 Å². The van der Waals surface area contributed by atoms with Crippen LogP contribution in [0.4, 0.5) is 0 Å². The van der Waals surface area contributed by atoms with Gasteiger partial charge in [0.1, 0.15) is 11.3 Å². The maximum atomic E-state index is 11.8. The largest absolute Gasteiger partial charge is 0.506 e. The smallest absolute Gasteiger partial charge is 0.339 e. The number of carboxylic acids is 1. The van der Waals surface area contributed by atoms with E-state index in [1.54, 1.807) is 6.92 Å². The highest BCUT2D eigenvalue weighted by atomic mass is 35.5. The summed E-state index contributed by atoms with van der Waals surface area (Å²) in [6.07, 6.45) is -0.0547. The quantitative estimate of drug-likeness (QED) is 0.844. The fourth-order valence-electron chi connectivity index (χ4n) is 1.92. The van der Waals surface area contributed by atoms with Crippen LogP contribution in [0.5, 0.6) is 5.75 Å². The first kappa shape index (κ1) is 13.4. The number of hydrogen-bond donors (Lipinski definition) is 2. The number of carboxylic acid groups (broad SMARTS) is 1. The summed E-state index contributed by atoms with van der Waals surface area (Å²) >= 11 is 5.82. The highest BCUT2D eigenvalue weighted by Gasteiger charge is 2.14. The predicted octanol–water partition coefficient (Wildman–Crippen LogP) is 2.48. The molecule has 0 saturated heterocycles. The van der Waals surface area contributed by atoms with Crippen molar-refractivity contribution in [3.63, 3.8) is 0 Å². The summed E-state index contributed by atoms with van der Waals surface area (Å²) in [4.78, 5) is 22.4. The third kappa shape index (κ3) is 2.56. The Kier molecular flexibility index (Phi) is 3.48. The van der Waals surface area contributed by atoms with Crippen molar-refractivity contribution in [1.29, 1.82) is 0 Å². The second kappa shape index (κ2) is 4.93. The zero-order valence-electron chi connectivity index (χ0n) is 10.1. The van der Waals surface area contributed by atoms with Crippen LogP contribution >= 0.6 is 11.6 Å². The van der Waals surface area contributed by atoms with Gasteiger partial charge in [-0.1, -0.05) is 11.6 Å². The third-order valence-electron chi connectivity index (χ3n) is 2.94. The fraction of sp³-hybridized carbons (Fsp3) is 0.231. The molecular formula is C13H11ClO5. The fourth-order valence-corrected chi connectivity index (χ4v) is 2.08. The highest BCUT2D eigenvalue weighted by Crippen LogP contribution is 2.30. The Labute approximate surface area is 113 Å². The summed E-state index contributed by atoms with van der Waals surface area (Å²) in [6.45, 7) is 1.70. The van der Waals surface area contributed by atoms with E-state index in [9.17, 15) is 14.7 Å². The summed E-state index contributed by atoms with van der Waals surface area (Å²) < 4.78 is 5.07. The number of benzene rings is 1. The Hall–Kier alpha value is -2.01. The van der Waals surface area contributed by atoms with Gasteiger partial charge in [0.15, 0.2) is 0 Å². The molecule has 0 saturated carbocycles. The zero-order valence-corrected chi connectivity index (χ0v) is 10.8. The summed E-state index contributed by atoms with van der Waals surface area (Å²) in [7, 11) is 0. The summed E-state index contributed by atoms with van der Waals surface area (Å²) in [6, 6.07) is 2.77. The van der Waals surface area contributed by atoms with Crippen LogP contribution in [-0.2, 0) is 11.2 Å². The maximum absolute atomic E-state index is 11.8. The van der Waals surface area contributed by atoms with Crippen molar-refractivity contribution in [2.75, 3.05) is 0 Å². The van der Waals surface area contributed by atoms with Crippen molar-refractivity contribution in [2.24, 2.45) is 0 Å². The number of aryl methyl sites for hydroxylation is 1. The molecule has 0 unspecified atom stereocenters. The minimum absolute atomic E-state index is 0.0952. The molecule has 19 heavy (non-hydrogen) atoms. The van der Waals surface area contributed by atoms with E-state index in [2.05, 4.69) is 0 Å². The van der Waals surface area contributed by atoms with Crippen molar-refractivity contribution < 1.29 is 19.4 Å². The van der Waals surface area contributed by atoms with Gasteiger partial charge in [-0.2, -0.15) is 0 Å². The molecule has 5 nitrogen and oxygen atoms in total. The van der Waals surface area contributed by atoms with E-state index < -0.39 is 11.6 Å². The van der Waals surface area contributed by atoms with Gasteiger partial charge < -0.3 is 14.6 Å². The lowest BCUT2D eigenvalue weighted by molar-refractivity contribution is -0.136. The molecular weight excluding hydrogens is 272 g/mol. The van der Waals surface area contributed by atoms with Crippen LogP contribution in [0.15, 0.2) is 21.3 Å². The van der Waals surface area contributed by atoms with Gasteiger partial charge in [0.05, 0.1) is 5.02 Å². The molecule has 1 heterocycles. The van der Waals surface area contributed by atoms with Gasteiger partial charge in [0.25, 0.3) is 0 Å². The highest BCUT2D eigenvalue weighted by molar-refractivity contribution is 6.32. The Morgan fingerprint density at radius 2 is 2.11 bits per heavy atom. The molecule has 0 radical (unpaired) electrons. The van der Waals surface area contributed by atoms with Crippen molar-refractivity contribution >= 4 is 28.5 Å². The minimum Gasteiger partial charge on any atom is -0.506 e. The molecule has 0 aliphatic heterocycles. The molecule has 2 rings (SSSR count). The second-order valence-electron chi connectivity index (χ2n) is 4.19. The number of rotatable bonds is 3. The number of carbonyl (C=O) groups is 1. The lowest BCUT2D eigenvalue weighted by atomic mass is 10.0. The van der Waals surface area contributed by atoms with E-state index in [1.807, 2.05) is 0 Å². The van der Waals surface area contributed by atoms with E-state index in [-0.39, 0.29) is 29.2 Å². The van der Waals surface area contributed by atoms with Crippen molar-refractivity contribution in [3.05, 3.63) is 38.7 Å². The summed E-state index contributed by atoms with van der Waals surface area (Å²) in [5, 5.41) is 18.9. The molecule has 1 aromatic heterocycles. The zero-order chi connectivity index (χ0) is 14.2. The molecule has 2 N–H and O–H groups in total. The first-order valence-corrected chi connectivity index (χ1v) is 5.94. The second-order valence-corrected chi connectivity index (χ2v) is 4.59. The molecule has 1 aromatic carbocycles. The molecule has 0 fully saturated rings. The number of hydrogen-bond acceptors (Lipinski definition) is 4. The Balaban J connectivity index is 2.64. The van der Waals surface area contributed by atoms with Gasteiger partial charge in [-0.25, -0.2) is 4.79 Å². The molecule has 0 amide bonds. The van der Waals surface area contributed by atoms with Crippen LogP contribution in [0.1, 0.15) is 17.5 Å². The number of phenols is 1. The van der Waals surface area contributed by atoms with Crippen molar-refractivity contribution in [1.82, 2.24) is 0 Å². The molecule has 0 aliphatic rings. The van der Waals surface area contributed by atoms with Crippen LogP contribution in [0.2, 0.25) is 5.02 Å². The van der Waals surface area contributed by atoms with Gasteiger partial charge >= 0.3 is 11.6 Å². The Morgan fingerprint density at radius 3 is 2.74 bits per heavy atom. The van der Waals surface area contributed by atoms with Gasteiger partial charge in [-0.05, 0) is 25.0 Å². The first-order valence-electron chi connectivity index (χ1n) is 5.56. The van der Waals surface area contributed by atoms with E-state index in [1.165, 1.54) is 12.1 Å². The monoisotopic (exact) mass is 282 g/mol. The minimum atomic E-state index is -0.984. The molecule has 0 bridgehead atoms. The average Bonchev–Trinajstić information content (AvgIpc) is 2.31. The van der Waals surface area contributed by atoms with Crippen molar-refractivity contribution in [2.45, 2.75) is 19.8 Å². The van der Waals surface area contributed by atoms with Crippen molar-refractivity contribution in [3.8, 4) is 5.75 Å². The van der Waals surface area contributed by atoms with Crippen LogP contribution in [0.25, 0.3) is 11.0 Å². The number of aromatic hydroxyl groups is 1. The number of phenolic OH excluding ortho intramolecular Hbond substituents is 1. The molecule has 0 spiro atoms. The average molecular weight is 283 g/mol. The first-order chi connectivity index (χ1) is 8.90. The topological polar surface area (TPSA) is 87.7 Å². The number of fused-ring (bicyclic) bond motifs is 1. The SMILES string of the molecule is Cc1c(CCC(=O)O)c(=O)oc2cc(O)c(Cl)cc12. The summed E-state index contributed by atoms with van der Waals surface area (Å²) in [5.41, 5.74) is 0.572. The van der Waals surface area contributed by atoms with Gasteiger partial charge in [-0.15, -0.1) is 0 Å². The van der Waals surface area contributed by atoms with E-state index in [0.29, 0.717) is 16.5 Å². The molecule has 0 atom stereocenters. The lowest BCUT2D eigenvalue weighted by Gasteiger charge is -2.07. The molecule has 2 aromatic rings. The van der Waals surface area contributed by atoms with Gasteiger partial charge in [-0.3, -0.25) is 4.79 Å². The normalized spacial score (nSPS) is 10.8. The van der Waals surface area contributed by atoms with Gasteiger partial charge in [0, 0.05) is 23.4 Å². The molecule has 0 aliphatic carbocycles. The Morgan fingerprint density at radius 1 is 1.42 bits per heavy atom. The maximum Gasteiger partial charge on any atom is 0.339 e. The lowest BCUT2D eigenvalue weighted by Crippen LogP contribution is -2.12. The Bertz CT molecular complexity index is 717.